The lowest BCUT2D eigenvalue weighted by atomic mass is 10.1. The van der Waals surface area contributed by atoms with E-state index < -0.39 is 10.8 Å². The number of nitro groups is 1. The maximum absolute atomic E-state index is 12.2. The molecule has 1 amide bonds. The second-order valence-electron chi connectivity index (χ2n) is 4.74. The third-order valence-electron chi connectivity index (χ3n) is 2.86. The van der Waals surface area contributed by atoms with E-state index in [2.05, 4.69) is 5.32 Å². The Labute approximate surface area is 117 Å². The molecule has 20 heavy (non-hydrogen) atoms. The summed E-state index contributed by atoms with van der Waals surface area (Å²) >= 11 is 0. The minimum atomic E-state index is -0.534. The van der Waals surface area contributed by atoms with Gasteiger partial charge < -0.3 is 15.3 Å². The van der Waals surface area contributed by atoms with Gasteiger partial charge in [0.15, 0.2) is 0 Å². The maximum Gasteiger partial charge on any atom is 0.270 e. The predicted molar refractivity (Wildman–Crippen MR) is 76.1 cm³/mol. The third kappa shape index (κ3) is 3.92. The molecule has 7 heteroatoms. The first-order valence-electron chi connectivity index (χ1n) is 6.24. The van der Waals surface area contributed by atoms with E-state index in [0.29, 0.717) is 12.1 Å². The monoisotopic (exact) mass is 281 g/mol. The minimum absolute atomic E-state index is 0.0308. The summed E-state index contributed by atoms with van der Waals surface area (Å²) in [5, 5.41) is 22.4. The van der Waals surface area contributed by atoms with Crippen LogP contribution in [-0.2, 0) is 0 Å². The summed E-state index contributed by atoms with van der Waals surface area (Å²) in [5.41, 5.74) is 0.717. The van der Waals surface area contributed by atoms with E-state index in [1.54, 1.807) is 32.0 Å². The fraction of sp³-hybridized carbons (Fsp3) is 0.462. The maximum atomic E-state index is 12.2. The van der Waals surface area contributed by atoms with Crippen LogP contribution in [0.2, 0.25) is 0 Å². The molecule has 110 valence electrons. The van der Waals surface area contributed by atoms with Gasteiger partial charge in [0.1, 0.15) is 0 Å². The van der Waals surface area contributed by atoms with Crippen LogP contribution >= 0.6 is 0 Å². The molecule has 0 spiro atoms. The molecule has 0 radical (unpaired) electrons. The number of hydrogen-bond donors (Lipinski definition) is 2. The molecule has 0 saturated carbocycles. The molecule has 0 aliphatic rings. The van der Waals surface area contributed by atoms with E-state index in [-0.39, 0.29) is 23.9 Å². The number of aliphatic hydroxyl groups is 1. The smallest absolute Gasteiger partial charge is 0.270 e. The van der Waals surface area contributed by atoms with Gasteiger partial charge in [0.05, 0.1) is 10.5 Å². The molecule has 0 aliphatic heterocycles. The molecular weight excluding hydrogens is 262 g/mol. The molecule has 1 unspecified atom stereocenters. The second-order valence-corrected chi connectivity index (χ2v) is 4.74. The van der Waals surface area contributed by atoms with Crippen molar-refractivity contribution >= 4 is 17.3 Å². The van der Waals surface area contributed by atoms with Gasteiger partial charge in [0, 0.05) is 44.6 Å². The third-order valence-corrected chi connectivity index (χ3v) is 2.86. The number of anilines is 1. The highest BCUT2D eigenvalue weighted by molar-refractivity contribution is 6.00. The van der Waals surface area contributed by atoms with Gasteiger partial charge in [-0.05, 0) is 19.4 Å². The van der Waals surface area contributed by atoms with Gasteiger partial charge in [-0.2, -0.15) is 0 Å². The van der Waals surface area contributed by atoms with E-state index >= 15 is 0 Å². The SMILES string of the molecule is CC(CCO)NC(=O)c1cc([N+](=O)[O-])ccc1N(C)C. The van der Waals surface area contributed by atoms with Gasteiger partial charge >= 0.3 is 0 Å². The summed E-state index contributed by atoms with van der Waals surface area (Å²) in [7, 11) is 3.52. The largest absolute Gasteiger partial charge is 0.396 e. The Bertz CT molecular complexity index is 502. The fourth-order valence-corrected chi connectivity index (χ4v) is 1.78. The first-order chi connectivity index (χ1) is 9.36. The van der Waals surface area contributed by atoms with Crippen LogP contribution in [0.25, 0.3) is 0 Å². The Hall–Kier alpha value is -2.15. The van der Waals surface area contributed by atoms with Crippen molar-refractivity contribution in [2.75, 3.05) is 25.6 Å². The molecule has 7 nitrogen and oxygen atoms in total. The summed E-state index contributed by atoms with van der Waals surface area (Å²) in [6.07, 6.45) is 0.429. The lowest BCUT2D eigenvalue weighted by molar-refractivity contribution is -0.384. The number of hydrogen-bond acceptors (Lipinski definition) is 5. The molecule has 0 aromatic heterocycles. The Morgan fingerprint density at radius 2 is 2.15 bits per heavy atom. The van der Waals surface area contributed by atoms with Crippen LogP contribution in [0, 0.1) is 10.1 Å². The molecule has 2 N–H and O–H groups in total. The van der Waals surface area contributed by atoms with Crippen molar-refractivity contribution in [2.24, 2.45) is 0 Å². The molecule has 1 aromatic rings. The highest BCUT2D eigenvalue weighted by Crippen LogP contribution is 2.24. The number of carbonyl (C=O) groups is 1. The first kappa shape index (κ1) is 15.9. The van der Waals surface area contributed by atoms with Crippen LogP contribution in [0.5, 0.6) is 0 Å². The van der Waals surface area contributed by atoms with Crippen LogP contribution in [-0.4, -0.2) is 42.7 Å². The number of amides is 1. The van der Waals surface area contributed by atoms with Crippen LogP contribution < -0.4 is 10.2 Å². The summed E-state index contributed by atoms with van der Waals surface area (Å²) in [6, 6.07) is 3.96. The highest BCUT2D eigenvalue weighted by atomic mass is 16.6. The predicted octanol–water partition coefficient (Wildman–Crippen LogP) is 1.16. The zero-order chi connectivity index (χ0) is 15.3. The van der Waals surface area contributed by atoms with Crippen LogP contribution in [0.4, 0.5) is 11.4 Å². The summed E-state index contributed by atoms with van der Waals surface area (Å²) in [6.45, 7) is 1.73. The molecule has 0 fully saturated rings. The molecule has 0 aliphatic carbocycles. The quantitative estimate of drug-likeness (QED) is 0.602. The standard InChI is InChI=1S/C13H19N3O4/c1-9(6-7-17)14-13(18)11-8-10(16(19)20)4-5-12(11)15(2)3/h4-5,8-9,17H,6-7H2,1-3H3,(H,14,18). The van der Waals surface area contributed by atoms with Gasteiger partial charge in [0.2, 0.25) is 0 Å². The van der Waals surface area contributed by atoms with E-state index in [4.69, 9.17) is 5.11 Å². The summed E-state index contributed by atoms with van der Waals surface area (Å²) in [5.74, 6) is -0.390. The molecule has 0 heterocycles. The summed E-state index contributed by atoms with van der Waals surface area (Å²) < 4.78 is 0. The minimum Gasteiger partial charge on any atom is -0.396 e. The molecule has 1 aromatic carbocycles. The average Bonchev–Trinajstić information content (AvgIpc) is 2.37. The summed E-state index contributed by atoms with van der Waals surface area (Å²) in [4.78, 5) is 24.2. The van der Waals surface area contributed by atoms with E-state index in [9.17, 15) is 14.9 Å². The Morgan fingerprint density at radius 1 is 1.50 bits per heavy atom. The van der Waals surface area contributed by atoms with Crippen molar-refractivity contribution in [1.82, 2.24) is 5.32 Å². The number of nitrogens with zero attached hydrogens (tertiary/aromatic N) is 2. The fourth-order valence-electron chi connectivity index (χ4n) is 1.78. The van der Waals surface area contributed by atoms with Crippen molar-refractivity contribution in [1.29, 1.82) is 0 Å². The van der Waals surface area contributed by atoms with E-state index in [0.717, 1.165) is 0 Å². The molecule has 1 rings (SSSR count). The first-order valence-corrected chi connectivity index (χ1v) is 6.24. The Balaban J connectivity index is 3.09. The number of rotatable bonds is 6. The second kappa shape index (κ2) is 6.85. The van der Waals surface area contributed by atoms with Crippen molar-refractivity contribution < 1.29 is 14.8 Å². The van der Waals surface area contributed by atoms with Crippen LogP contribution in [0.3, 0.4) is 0 Å². The van der Waals surface area contributed by atoms with Crippen LogP contribution in [0.1, 0.15) is 23.7 Å². The average molecular weight is 281 g/mol. The van der Waals surface area contributed by atoms with Gasteiger partial charge in [-0.3, -0.25) is 14.9 Å². The molecule has 0 saturated heterocycles. The molecule has 0 bridgehead atoms. The van der Waals surface area contributed by atoms with E-state index in [1.807, 2.05) is 0 Å². The van der Waals surface area contributed by atoms with Crippen LogP contribution in [0.15, 0.2) is 18.2 Å². The zero-order valence-corrected chi connectivity index (χ0v) is 11.8. The van der Waals surface area contributed by atoms with Crippen molar-refractivity contribution in [2.45, 2.75) is 19.4 Å². The molecular formula is C13H19N3O4. The van der Waals surface area contributed by atoms with Crippen molar-refractivity contribution in [3.63, 3.8) is 0 Å². The highest BCUT2D eigenvalue weighted by Gasteiger charge is 2.19. The topological polar surface area (TPSA) is 95.7 Å². The lowest BCUT2D eigenvalue weighted by Gasteiger charge is -2.18. The van der Waals surface area contributed by atoms with Crippen molar-refractivity contribution in [3.8, 4) is 0 Å². The van der Waals surface area contributed by atoms with E-state index in [1.165, 1.54) is 12.1 Å². The zero-order valence-electron chi connectivity index (χ0n) is 11.8. The number of nitrogens with one attached hydrogen (secondary N) is 1. The van der Waals surface area contributed by atoms with Crippen molar-refractivity contribution in [3.05, 3.63) is 33.9 Å². The number of aliphatic hydroxyl groups excluding tert-OH is 1. The molecule has 1 atom stereocenters. The van der Waals surface area contributed by atoms with Gasteiger partial charge in [-0.15, -0.1) is 0 Å². The van der Waals surface area contributed by atoms with Gasteiger partial charge in [0.25, 0.3) is 11.6 Å². The Morgan fingerprint density at radius 3 is 2.65 bits per heavy atom. The number of nitro benzene ring substituents is 1. The normalized spacial score (nSPS) is 11.8. The van der Waals surface area contributed by atoms with Gasteiger partial charge in [-0.25, -0.2) is 0 Å². The number of benzene rings is 1. The Kier molecular flexibility index (Phi) is 5.45. The van der Waals surface area contributed by atoms with Gasteiger partial charge in [-0.1, -0.05) is 0 Å². The number of non-ortho nitro benzene ring substituents is 1. The lowest BCUT2D eigenvalue weighted by Crippen LogP contribution is -2.34. The number of carbonyl (C=O) groups excluding carboxylic acids is 1.